The molecule has 2 amide bonds. The molecule has 2 rings (SSSR count). The molecule has 40 heavy (non-hydrogen) atoms. The molecule has 0 fully saturated rings. The minimum Gasteiger partial charge on any atom is -0.494 e. The highest BCUT2D eigenvalue weighted by Crippen LogP contribution is 2.16. The van der Waals surface area contributed by atoms with Crippen LogP contribution in [-0.4, -0.2) is 50.7 Å². The molecule has 0 bridgehead atoms. The van der Waals surface area contributed by atoms with Crippen molar-refractivity contribution in [3.63, 3.8) is 0 Å². The number of aryl methyl sites for hydroxylation is 2. The summed E-state index contributed by atoms with van der Waals surface area (Å²) < 4.78 is 52.7. The lowest BCUT2D eigenvalue weighted by Crippen LogP contribution is -2.31. The Morgan fingerprint density at radius 3 is 2.08 bits per heavy atom. The fourth-order valence-electron chi connectivity index (χ4n) is 3.59. The summed E-state index contributed by atoms with van der Waals surface area (Å²) in [4.78, 5) is 30.6. The standard InChI is InChI=1S/C27H37BrF3N5O4/c1-26(2,3)40-25(38)33-22(32)20-10-12-21(13-11-20)39-19-9-16-36-18-17-35(15-8-6-4-5-7-14-28)24(36)34-23(37)27(29,30)31/h10-13,17-18H,4-9,14-16,19H2,1-3H3,(H2,32,33,38). The highest BCUT2D eigenvalue weighted by atomic mass is 79.9. The maximum absolute atomic E-state index is 12.9. The number of imidazole rings is 1. The summed E-state index contributed by atoms with van der Waals surface area (Å²) in [7, 11) is 0. The van der Waals surface area contributed by atoms with Crippen LogP contribution in [0.4, 0.5) is 18.0 Å². The molecule has 0 aliphatic carbocycles. The van der Waals surface area contributed by atoms with Gasteiger partial charge in [0.15, 0.2) is 0 Å². The van der Waals surface area contributed by atoms with E-state index in [1.807, 2.05) is 0 Å². The summed E-state index contributed by atoms with van der Waals surface area (Å²) >= 11 is 3.39. The van der Waals surface area contributed by atoms with Crippen molar-refractivity contribution in [3.8, 4) is 5.75 Å². The van der Waals surface area contributed by atoms with Crippen LogP contribution in [0.15, 0.2) is 46.6 Å². The monoisotopic (exact) mass is 631 g/mol. The van der Waals surface area contributed by atoms with Crippen molar-refractivity contribution in [3.05, 3.63) is 47.8 Å². The van der Waals surface area contributed by atoms with E-state index in [0.717, 1.165) is 37.4 Å². The normalized spacial score (nSPS) is 13.0. The van der Waals surface area contributed by atoms with Crippen LogP contribution in [0.25, 0.3) is 0 Å². The number of nitrogens with zero attached hydrogens (tertiary/aromatic N) is 4. The van der Waals surface area contributed by atoms with Crippen LogP contribution in [0, 0.1) is 0 Å². The average molecular weight is 633 g/mol. The van der Waals surface area contributed by atoms with Crippen molar-refractivity contribution >= 4 is 33.8 Å². The van der Waals surface area contributed by atoms with Gasteiger partial charge in [-0.3, -0.25) is 4.79 Å². The van der Waals surface area contributed by atoms with E-state index in [1.54, 1.807) is 62.0 Å². The van der Waals surface area contributed by atoms with Crippen LogP contribution in [0.1, 0.15) is 64.9 Å². The molecule has 0 saturated heterocycles. The molecule has 13 heteroatoms. The topological polar surface area (TPSA) is 113 Å². The molecule has 1 aromatic heterocycles. The number of aliphatic imine (C=N–C) groups is 1. The Balaban J connectivity index is 1.97. The van der Waals surface area contributed by atoms with Gasteiger partial charge in [-0.15, -0.1) is 0 Å². The molecule has 0 aliphatic rings. The predicted molar refractivity (Wildman–Crippen MR) is 149 cm³/mol. The lowest BCUT2D eigenvalue weighted by molar-refractivity contribution is -0.169. The second-order valence-electron chi connectivity index (χ2n) is 10.1. The number of nitrogens with two attached hydrogens (primary N) is 1. The minimum atomic E-state index is -5.04. The molecular weight excluding hydrogens is 595 g/mol. The fourth-order valence-corrected chi connectivity index (χ4v) is 3.99. The Kier molecular flexibility index (Phi) is 12.9. The summed E-state index contributed by atoms with van der Waals surface area (Å²) in [5.74, 6) is -1.59. The average Bonchev–Trinajstić information content (AvgIpc) is 3.23. The highest BCUT2D eigenvalue weighted by molar-refractivity contribution is 9.09. The maximum Gasteiger partial charge on any atom is 0.473 e. The van der Waals surface area contributed by atoms with E-state index >= 15 is 0 Å². The van der Waals surface area contributed by atoms with Crippen molar-refractivity contribution in [1.29, 1.82) is 0 Å². The van der Waals surface area contributed by atoms with Crippen LogP contribution < -0.4 is 16.1 Å². The van der Waals surface area contributed by atoms with E-state index in [1.165, 1.54) is 4.57 Å². The van der Waals surface area contributed by atoms with Crippen molar-refractivity contribution in [2.24, 2.45) is 15.7 Å². The molecule has 1 aromatic carbocycles. The van der Waals surface area contributed by atoms with E-state index in [9.17, 15) is 22.8 Å². The van der Waals surface area contributed by atoms with Gasteiger partial charge in [0.1, 0.15) is 17.2 Å². The van der Waals surface area contributed by atoms with Crippen LogP contribution in [0.3, 0.4) is 0 Å². The number of halogens is 4. The number of alkyl halides is 4. The number of hydrogen-bond donors (Lipinski definition) is 1. The summed E-state index contributed by atoms with van der Waals surface area (Å²) in [6.45, 7) is 6.21. The fraction of sp³-hybridized carbons (Fsp3) is 0.556. The van der Waals surface area contributed by atoms with Crippen molar-refractivity contribution < 1.29 is 32.2 Å². The molecule has 0 radical (unpaired) electrons. The van der Waals surface area contributed by atoms with Gasteiger partial charge in [0.2, 0.25) is 5.62 Å². The van der Waals surface area contributed by atoms with Gasteiger partial charge in [0, 0.05) is 36.4 Å². The minimum absolute atomic E-state index is 0.00493. The smallest absolute Gasteiger partial charge is 0.473 e. The highest BCUT2D eigenvalue weighted by Gasteiger charge is 2.38. The number of unbranched alkanes of at least 4 members (excludes halogenated alkanes) is 4. The lowest BCUT2D eigenvalue weighted by Gasteiger charge is -2.17. The zero-order chi connectivity index (χ0) is 29.8. The van der Waals surface area contributed by atoms with Crippen molar-refractivity contribution in [2.75, 3.05) is 11.9 Å². The SMILES string of the molecule is CC(C)(C)OC(=O)/N=C(\N)c1ccc(OCCCn2ccn(CCCCCCCBr)c2=NC(=O)C(F)(F)F)cc1. The predicted octanol–water partition coefficient (Wildman–Crippen LogP) is 5.73. The Morgan fingerprint density at radius 2 is 1.50 bits per heavy atom. The Bertz CT molecular complexity index is 1200. The van der Waals surface area contributed by atoms with Gasteiger partial charge in [-0.1, -0.05) is 35.2 Å². The first-order valence-electron chi connectivity index (χ1n) is 13.1. The second-order valence-corrected chi connectivity index (χ2v) is 10.9. The summed E-state index contributed by atoms with van der Waals surface area (Å²) in [6, 6.07) is 6.62. The van der Waals surface area contributed by atoms with E-state index < -0.39 is 23.8 Å². The van der Waals surface area contributed by atoms with Gasteiger partial charge in [-0.2, -0.15) is 23.2 Å². The first-order chi connectivity index (χ1) is 18.8. The van der Waals surface area contributed by atoms with Gasteiger partial charge in [0.25, 0.3) is 0 Å². The molecule has 0 spiro atoms. The van der Waals surface area contributed by atoms with Crippen LogP contribution in [0.5, 0.6) is 5.75 Å². The number of amidine groups is 1. The zero-order valence-corrected chi connectivity index (χ0v) is 24.6. The molecule has 2 N–H and O–H groups in total. The molecule has 2 aromatic rings. The first kappa shape index (κ1) is 33.1. The number of aromatic nitrogens is 2. The number of carbonyl (C=O) groups is 2. The third-order valence-electron chi connectivity index (χ3n) is 5.48. The number of amides is 2. The molecular formula is C27H37BrF3N5O4. The second kappa shape index (κ2) is 15.6. The number of carbonyl (C=O) groups excluding carboxylic acids is 2. The van der Waals surface area contributed by atoms with Crippen LogP contribution in [-0.2, 0) is 22.6 Å². The van der Waals surface area contributed by atoms with Crippen molar-refractivity contribution in [1.82, 2.24) is 9.13 Å². The van der Waals surface area contributed by atoms with E-state index in [2.05, 4.69) is 25.9 Å². The van der Waals surface area contributed by atoms with E-state index in [0.29, 0.717) is 30.8 Å². The first-order valence-corrected chi connectivity index (χ1v) is 14.2. The van der Waals surface area contributed by atoms with Crippen molar-refractivity contribution in [2.45, 2.75) is 84.2 Å². The summed E-state index contributed by atoms with van der Waals surface area (Å²) in [5.41, 5.74) is 5.68. The third kappa shape index (κ3) is 12.0. The number of rotatable bonds is 13. The molecule has 9 nitrogen and oxygen atoms in total. The molecule has 0 saturated carbocycles. The Hall–Kier alpha value is -3.09. The van der Waals surface area contributed by atoms with Gasteiger partial charge in [-0.05, 0) is 64.3 Å². The zero-order valence-electron chi connectivity index (χ0n) is 23.0. The quantitative estimate of drug-likeness (QED) is 0.131. The molecule has 1 heterocycles. The van der Waals surface area contributed by atoms with Gasteiger partial charge < -0.3 is 24.3 Å². The molecule has 0 atom stereocenters. The number of ether oxygens (including phenoxy) is 2. The Morgan fingerprint density at radius 1 is 0.925 bits per heavy atom. The number of benzene rings is 1. The lowest BCUT2D eigenvalue weighted by atomic mass is 10.1. The largest absolute Gasteiger partial charge is 0.494 e. The van der Waals surface area contributed by atoms with Crippen LogP contribution in [0.2, 0.25) is 0 Å². The number of hydrogen-bond acceptors (Lipinski definition) is 4. The Labute approximate surface area is 240 Å². The molecule has 222 valence electrons. The van der Waals surface area contributed by atoms with Gasteiger partial charge in [0.05, 0.1) is 6.61 Å². The van der Waals surface area contributed by atoms with Gasteiger partial charge in [-0.25, -0.2) is 4.79 Å². The molecule has 0 aliphatic heterocycles. The molecule has 0 unspecified atom stereocenters. The van der Waals surface area contributed by atoms with E-state index in [-0.39, 0.29) is 18.1 Å². The van der Waals surface area contributed by atoms with E-state index in [4.69, 9.17) is 15.2 Å². The van der Waals surface area contributed by atoms with Gasteiger partial charge >= 0.3 is 18.2 Å². The summed E-state index contributed by atoms with van der Waals surface area (Å²) in [5, 5.41) is 0.946. The maximum atomic E-state index is 12.9. The van der Waals surface area contributed by atoms with Crippen LogP contribution >= 0.6 is 15.9 Å². The third-order valence-corrected chi connectivity index (χ3v) is 6.05. The summed E-state index contributed by atoms with van der Waals surface area (Å²) in [6.07, 6.45) is 2.77.